The van der Waals surface area contributed by atoms with E-state index in [1.165, 1.54) is 0 Å². The van der Waals surface area contributed by atoms with Crippen LogP contribution in [0.25, 0.3) is 0 Å². The molecule has 0 aromatic heterocycles. The molecule has 4 N–H and O–H groups in total. The van der Waals surface area contributed by atoms with E-state index in [4.69, 9.17) is 4.99 Å². The van der Waals surface area contributed by atoms with E-state index in [0.29, 0.717) is 25.2 Å². The molecule has 0 unspecified atom stereocenters. The number of aliphatic hydroxyl groups is 1. The van der Waals surface area contributed by atoms with Crippen molar-refractivity contribution in [2.75, 3.05) is 32.8 Å². The number of carbonyl (C=O) groups excluding carboxylic acids is 1. The van der Waals surface area contributed by atoms with Crippen LogP contribution in [0, 0.1) is 5.41 Å². The van der Waals surface area contributed by atoms with Gasteiger partial charge in [-0.05, 0) is 43.7 Å². The fraction of sp³-hybridized carbons (Fsp3) is 0.600. The summed E-state index contributed by atoms with van der Waals surface area (Å²) in [5, 5.41) is 18.7. The Morgan fingerprint density at radius 1 is 1.04 bits per heavy atom. The summed E-state index contributed by atoms with van der Waals surface area (Å²) in [5.41, 5.74) is 0.700. The molecule has 0 heterocycles. The molecule has 0 saturated carbocycles. The van der Waals surface area contributed by atoms with Crippen molar-refractivity contribution in [1.82, 2.24) is 16.0 Å². The molecule has 154 valence electrons. The van der Waals surface area contributed by atoms with Crippen molar-refractivity contribution in [2.45, 2.75) is 40.0 Å². The molecule has 0 aliphatic rings. The number of nitrogens with zero attached hydrogens (tertiary/aromatic N) is 1. The highest BCUT2D eigenvalue weighted by atomic mass is 127. The quantitative estimate of drug-likeness (QED) is 0.166. The van der Waals surface area contributed by atoms with E-state index in [1.807, 2.05) is 25.1 Å². The molecule has 6 nitrogen and oxygen atoms in total. The standard InChI is InChI=1S/C20H34N4O2.HI/c1-4-20(5-2,12-15-25)16-24-19(21-6-3)23-14-13-22-18(26)17-10-8-7-9-11-17;/h7-11,25H,4-6,12-16H2,1-3H3,(H,22,26)(H2,21,23,24);1H. The summed E-state index contributed by atoms with van der Waals surface area (Å²) >= 11 is 0. The molecule has 7 heteroatoms. The van der Waals surface area contributed by atoms with Gasteiger partial charge in [0.25, 0.3) is 5.91 Å². The van der Waals surface area contributed by atoms with Crippen LogP contribution in [-0.2, 0) is 0 Å². The summed E-state index contributed by atoms with van der Waals surface area (Å²) in [6, 6.07) is 9.18. The molecule has 0 bridgehead atoms. The lowest BCUT2D eigenvalue weighted by molar-refractivity contribution is 0.0954. The number of benzene rings is 1. The number of halogens is 1. The van der Waals surface area contributed by atoms with E-state index in [2.05, 4.69) is 29.8 Å². The first-order valence-electron chi connectivity index (χ1n) is 9.57. The molecule has 0 aliphatic carbocycles. The first-order valence-corrected chi connectivity index (χ1v) is 9.57. The van der Waals surface area contributed by atoms with Crippen LogP contribution >= 0.6 is 24.0 Å². The largest absolute Gasteiger partial charge is 0.396 e. The van der Waals surface area contributed by atoms with Gasteiger partial charge in [0.1, 0.15) is 0 Å². The van der Waals surface area contributed by atoms with E-state index in [1.54, 1.807) is 12.1 Å². The zero-order chi connectivity index (χ0) is 19.3. The Morgan fingerprint density at radius 2 is 1.67 bits per heavy atom. The second kappa shape index (κ2) is 14.7. The number of nitrogens with one attached hydrogen (secondary N) is 3. The Bertz CT molecular complexity index is 548. The number of aliphatic imine (C=N–C) groups is 1. The molecule has 0 saturated heterocycles. The summed E-state index contributed by atoms with van der Waals surface area (Å²) in [5.74, 6) is 0.666. The van der Waals surface area contributed by atoms with Gasteiger partial charge >= 0.3 is 0 Å². The molecular weight excluding hydrogens is 455 g/mol. The minimum atomic E-state index is -0.0757. The van der Waals surface area contributed by atoms with Crippen molar-refractivity contribution in [1.29, 1.82) is 0 Å². The van der Waals surface area contributed by atoms with Crippen LogP contribution in [0.3, 0.4) is 0 Å². The van der Waals surface area contributed by atoms with E-state index >= 15 is 0 Å². The number of amides is 1. The van der Waals surface area contributed by atoms with Crippen molar-refractivity contribution in [3.63, 3.8) is 0 Å². The lowest BCUT2D eigenvalue weighted by Gasteiger charge is -2.29. The SMILES string of the molecule is CCNC(=NCC(CC)(CC)CCO)NCCNC(=O)c1ccccc1.I. The molecule has 0 aliphatic heterocycles. The summed E-state index contributed by atoms with van der Waals surface area (Å²) in [4.78, 5) is 16.7. The Morgan fingerprint density at radius 3 is 2.22 bits per heavy atom. The van der Waals surface area contributed by atoms with Crippen molar-refractivity contribution < 1.29 is 9.90 Å². The number of hydrogen-bond donors (Lipinski definition) is 4. The van der Waals surface area contributed by atoms with E-state index in [0.717, 1.165) is 31.8 Å². The van der Waals surface area contributed by atoms with E-state index in [-0.39, 0.29) is 41.9 Å². The van der Waals surface area contributed by atoms with Crippen molar-refractivity contribution in [2.24, 2.45) is 10.4 Å². The molecule has 1 amide bonds. The van der Waals surface area contributed by atoms with Crippen LogP contribution in [0.4, 0.5) is 0 Å². The lowest BCUT2D eigenvalue weighted by atomic mass is 9.79. The molecule has 1 rings (SSSR count). The van der Waals surface area contributed by atoms with Crippen molar-refractivity contribution in [3.05, 3.63) is 35.9 Å². The summed E-state index contributed by atoms with van der Waals surface area (Å²) in [7, 11) is 0. The monoisotopic (exact) mass is 490 g/mol. The minimum absolute atomic E-state index is 0. The van der Waals surface area contributed by atoms with Gasteiger partial charge in [0.05, 0.1) is 0 Å². The second-order valence-electron chi connectivity index (χ2n) is 6.42. The highest BCUT2D eigenvalue weighted by molar-refractivity contribution is 14.0. The van der Waals surface area contributed by atoms with Gasteiger partial charge in [0, 0.05) is 38.3 Å². The molecular formula is C20H35IN4O2. The summed E-state index contributed by atoms with van der Waals surface area (Å²) in [6.45, 7) is 9.06. The number of guanidine groups is 1. The molecule has 1 aromatic carbocycles. The second-order valence-corrected chi connectivity index (χ2v) is 6.42. The Labute approximate surface area is 180 Å². The predicted molar refractivity (Wildman–Crippen MR) is 123 cm³/mol. The Balaban J connectivity index is 0.00000676. The molecule has 27 heavy (non-hydrogen) atoms. The zero-order valence-corrected chi connectivity index (χ0v) is 19.1. The van der Waals surface area contributed by atoms with Gasteiger partial charge in [0.2, 0.25) is 0 Å². The van der Waals surface area contributed by atoms with Gasteiger partial charge in [0.15, 0.2) is 5.96 Å². The van der Waals surface area contributed by atoms with Gasteiger partial charge in [-0.15, -0.1) is 24.0 Å². The summed E-state index contributed by atoms with van der Waals surface area (Å²) < 4.78 is 0. The minimum Gasteiger partial charge on any atom is -0.396 e. The maximum absolute atomic E-state index is 12.0. The van der Waals surface area contributed by atoms with Gasteiger partial charge < -0.3 is 21.1 Å². The van der Waals surface area contributed by atoms with Gasteiger partial charge in [-0.1, -0.05) is 32.0 Å². The Kier molecular flexibility index (Phi) is 13.9. The van der Waals surface area contributed by atoms with E-state index in [9.17, 15) is 9.90 Å². The molecule has 1 aromatic rings. The predicted octanol–water partition coefficient (Wildman–Crippen LogP) is 2.78. The normalized spacial score (nSPS) is 11.5. The van der Waals surface area contributed by atoms with Crippen LogP contribution in [0.2, 0.25) is 0 Å². The van der Waals surface area contributed by atoms with Crippen LogP contribution in [0.15, 0.2) is 35.3 Å². The Hall–Kier alpha value is -1.35. The average molecular weight is 490 g/mol. The molecule has 0 fully saturated rings. The van der Waals surface area contributed by atoms with Crippen LogP contribution in [0.5, 0.6) is 0 Å². The topological polar surface area (TPSA) is 85.8 Å². The molecule has 0 radical (unpaired) electrons. The van der Waals surface area contributed by atoms with Gasteiger partial charge in [-0.25, -0.2) is 0 Å². The third-order valence-electron chi connectivity index (χ3n) is 4.80. The van der Waals surface area contributed by atoms with Crippen molar-refractivity contribution >= 4 is 35.8 Å². The molecule has 0 atom stereocenters. The maximum Gasteiger partial charge on any atom is 0.251 e. The average Bonchev–Trinajstić information content (AvgIpc) is 2.68. The first-order chi connectivity index (χ1) is 12.6. The van der Waals surface area contributed by atoms with Crippen molar-refractivity contribution in [3.8, 4) is 0 Å². The zero-order valence-electron chi connectivity index (χ0n) is 16.8. The fourth-order valence-corrected chi connectivity index (χ4v) is 2.78. The highest BCUT2D eigenvalue weighted by Gasteiger charge is 2.25. The third kappa shape index (κ3) is 9.41. The lowest BCUT2D eigenvalue weighted by Crippen LogP contribution is -2.42. The number of rotatable bonds is 11. The summed E-state index contributed by atoms with van der Waals surface area (Å²) in [6.07, 6.45) is 2.73. The molecule has 0 spiro atoms. The van der Waals surface area contributed by atoms with Gasteiger partial charge in [-0.2, -0.15) is 0 Å². The first kappa shape index (κ1) is 25.6. The number of carbonyl (C=O) groups is 1. The smallest absolute Gasteiger partial charge is 0.251 e. The number of aliphatic hydroxyl groups excluding tert-OH is 1. The fourth-order valence-electron chi connectivity index (χ4n) is 2.78. The van der Waals surface area contributed by atoms with Crippen LogP contribution in [0.1, 0.15) is 50.4 Å². The third-order valence-corrected chi connectivity index (χ3v) is 4.80. The van der Waals surface area contributed by atoms with Crippen LogP contribution in [-0.4, -0.2) is 49.8 Å². The number of hydrogen-bond acceptors (Lipinski definition) is 3. The van der Waals surface area contributed by atoms with Crippen LogP contribution < -0.4 is 16.0 Å². The van der Waals surface area contributed by atoms with Gasteiger partial charge in [-0.3, -0.25) is 9.79 Å². The maximum atomic E-state index is 12.0. The highest BCUT2D eigenvalue weighted by Crippen LogP contribution is 2.30. The van der Waals surface area contributed by atoms with E-state index < -0.39 is 0 Å².